The number of hydrogen-bond donors (Lipinski definition) is 0. The van der Waals surface area contributed by atoms with Crippen LogP contribution in [0.15, 0.2) is 47.6 Å². The molecular weight excluding hydrogens is 358 g/mol. The highest BCUT2D eigenvalue weighted by Crippen LogP contribution is 2.63. The van der Waals surface area contributed by atoms with Crippen LogP contribution in [-0.4, -0.2) is 11.8 Å². The normalized spacial score (nSPS) is 43.8. The number of imide groups is 1. The predicted octanol–water partition coefficient (Wildman–Crippen LogP) is 4.67. The molecule has 0 N–H and O–H groups in total. The molecule has 6 bridgehead atoms. The first-order valence-corrected chi connectivity index (χ1v) is 11.5. The third-order valence-electron chi connectivity index (χ3n) is 9.03. The van der Waals surface area contributed by atoms with Crippen molar-refractivity contribution >= 4 is 17.5 Å². The molecule has 5 saturated carbocycles. The molecule has 1 saturated heterocycles. The monoisotopic (exact) mass is 385 g/mol. The molecule has 148 valence electrons. The lowest BCUT2D eigenvalue weighted by molar-refractivity contribution is -0.122. The standard InChI is InChI=1S/C26H27NO2/c1-13-3-2-4-18(7-13)27-25(28)23-19-5-6-20(24(23)26(27)29)22(19)21-16-9-14-8-15(11-16)12-17(21)10-14/h2-7,14-17,19-20,23-24H,8-12H2,1H3/t14?,15?,16?,17?,19-,20+,23-,24+. The number of carbonyl (C=O) groups is 2. The van der Waals surface area contributed by atoms with Crippen LogP contribution in [0.5, 0.6) is 0 Å². The summed E-state index contributed by atoms with van der Waals surface area (Å²) in [5, 5.41) is 0. The van der Waals surface area contributed by atoms with E-state index in [2.05, 4.69) is 12.2 Å². The summed E-state index contributed by atoms with van der Waals surface area (Å²) in [5.41, 5.74) is 5.05. The van der Waals surface area contributed by atoms with Gasteiger partial charge in [0.05, 0.1) is 17.5 Å². The zero-order valence-corrected chi connectivity index (χ0v) is 16.9. The first kappa shape index (κ1) is 16.6. The molecule has 29 heavy (non-hydrogen) atoms. The van der Waals surface area contributed by atoms with E-state index >= 15 is 0 Å². The number of anilines is 1. The Labute approximate surface area is 171 Å². The van der Waals surface area contributed by atoms with Crippen molar-refractivity contribution in [3.63, 3.8) is 0 Å². The van der Waals surface area contributed by atoms with E-state index in [1.165, 1.54) is 42.6 Å². The first-order chi connectivity index (χ1) is 14.1. The second-order valence-corrected chi connectivity index (χ2v) is 10.6. The van der Waals surface area contributed by atoms with Crippen LogP contribution in [-0.2, 0) is 9.59 Å². The topological polar surface area (TPSA) is 37.4 Å². The summed E-state index contributed by atoms with van der Waals surface area (Å²) in [5.74, 6) is 3.42. The minimum Gasteiger partial charge on any atom is -0.274 e. The predicted molar refractivity (Wildman–Crippen MR) is 111 cm³/mol. The van der Waals surface area contributed by atoms with Gasteiger partial charge in [-0.05, 0) is 80.4 Å². The maximum absolute atomic E-state index is 13.5. The van der Waals surface area contributed by atoms with Crippen LogP contribution in [0.4, 0.5) is 5.69 Å². The molecule has 6 fully saturated rings. The molecule has 2 amide bonds. The van der Waals surface area contributed by atoms with Gasteiger partial charge in [-0.1, -0.05) is 35.4 Å². The number of hydrogen-bond acceptors (Lipinski definition) is 2. The molecule has 3 heteroatoms. The van der Waals surface area contributed by atoms with Gasteiger partial charge in [-0.2, -0.15) is 0 Å². The smallest absolute Gasteiger partial charge is 0.238 e. The van der Waals surface area contributed by atoms with Crippen molar-refractivity contribution in [3.8, 4) is 0 Å². The fourth-order valence-electron chi connectivity index (χ4n) is 8.33. The first-order valence-electron chi connectivity index (χ1n) is 11.5. The third-order valence-corrected chi connectivity index (χ3v) is 9.03. The minimum atomic E-state index is -0.169. The number of aryl methyl sites for hydroxylation is 1. The van der Waals surface area contributed by atoms with Crippen molar-refractivity contribution in [2.45, 2.75) is 39.0 Å². The maximum atomic E-state index is 13.5. The summed E-state index contributed by atoms with van der Waals surface area (Å²) < 4.78 is 0. The van der Waals surface area contributed by atoms with Crippen molar-refractivity contribution in [1.82, 2.24) is 0 Å². The number of benzene rings is 1. The van der Waals surface area contributed by atoms with Crippen molar-refractivity contribution < 1.29 is 9.59 Å². The quantitative estimate of drug-likeness (QED) is 0.520. The van der Waals surface area contributed by atoms with E-state index < -0.39 is 0 Å². The van der Waals surface area contributed by atoms with Crippen LogP contribution in [0.2, 0.25) is 0 Å². The Kier molecular flexibility index (Phi) is 3.15. The second-order valence-electron chi connectivity index (χ2n) is 10.6. The van der Waals surface area contributed by atoms with E-state index in [1.54, 1.807) is 5.57 Å². The van der Waals surface area contributed by atoms with E-state index in [9.17, 15) is 9.59 Å². The van der Waals surface area contributed by atoms with E-state index in [0.717, 1.165) is 34.9 Å². The molecule has 0 radical (unpaired) electrons. The molecule has 1 aromatic carbocycles. The summed E-state index contributed by atoms with van der Waals surface area (Å²) in [7, 11) is 0. The number of amides is 2. The maximum Gasteiger partial charge on any atom is 0.238 e. The Morgan fingerprint density at radius 1 is 0.793 bits per heavy atom. The van der Waals surface area contributed by atoms with Crippen LogP contribution >= 0.6 is 0 Å². The van der Waals surface area contributed by atoms with Crippen LogP contribution in [0, 0.1) is 54.3 Å². The van der Waals surface area contributed by atoms with Crippen molar-refractivity contribution in [2.24, 2.45) is 47.3 Å². The minimum absolute atomic E-state index is 0.0318. The Hall–Kier alpha value is -2.16. The molecule has 4 atom stereocenters. The SMILES string of the molecule is Cc1cccc(N2C(=O)[C@@H]3[C@H](C2=O)[C@@H]2C=C[C@H]3C2=C2C3CC4CC(C3)CC2C4)c1. The number of nitrogens with zero attached hydrogens (tertiary/aromatic N) is 1. The van der Waals surface area contributed by atoms with Gasteiger partial charge < -0.3 is 0 Å². The largest absolute Gasteiger partial charge is 0.274 e. The zero-order valence-electron chi connectivity index (χ0n) is 16.9. The molecule has 3 nitrogen and oxygen atoms in total. The second kappa shape index (κ2) is 5.50. The van der Waals surface area contributed by atoms with Gasteiger partial charge in [0.1, 0.15) is 0 Å². The molecule has 0 spiro atoms. The average molecular weight is 386 g/mol. The number of carbonyl (C=O) groups excluding carboxylic acids is 2. The van der Waals surface area contributed by atoms with Crippen LogP contribution in [0.25, 0.3) is 0 Å². The summed E-state index contributed by atoms with van der Waals surface area (Å²) in [6.45, 7) is 2.01. The lowest BCUT2D eigenvalue weighted by atomic mass is 9.53. The molecule has 1 aromatic rings. The summed E-state index contributed by atoms with van der Waals surface area (Å²) in [4.78, 5) is 28.5. The van der Waals surface area contributed by atoms with Gasteiger partial charge in [0.15, 0.2) is 0 Å². The molecule has 6 aliphatic carbocycles. The summed E-state index contributed by atoms with van der Waals surface area (Å²) in [6, 6.07) is 7.81. The lowest BCUT2D eigenvalue weighted by Crippen LogP contribution is -2.41. The van der Waals surface area contributed by atoms with Gasteiger partial charge in [-0.25, -0.2) is 4.90 Å². The van der Waals surface area contributed by atoms with Gasteiger partial charge in [0.25, 0.3) is 0 Å². The number of rotatable bonds is 1. The Balaban J connectivity index is 1.29. The fraction of sp³-hybridized carbons (Fsp3) is 0.538. The fourth-order valence-corrected chi connectivity index (χ4v) is 8.33. The number of allylic oxidation sites excluding steroid dienone is 4. The Morgan fingerprint density at radius 3 is 1.93 bits per heavy atom. The highest BCUT2D eigenvalue weighted by atomic mass is 16.2. The zero-order chi connectivity index (χ0) is 19.4. The van der Waals surface area contributed by atoms with Crippen LogP contribution in [0.3, 0.4) is 0 Å². The summed E-state index contributed by atoms with van der Waals surface area (Å²) >= 11 is 0. The Morgan fingerprint density at radius 2 is 1.38 bits per heavy atom. The van der Waals surface area contributed by atoms with E-state index in [1.807, 2.05) is 31.2 Å². The van der Waals surface area contributed by atoms with Crippen molar-refractivity contribution in [2.75, 3.05) is 4.90 Å². The molecule has 1 aliphatic heterocycles. The third kappa shape index (κ3) is 2.04. The van der Waals surface area contributed by atoms with Gasteiger partial charge in [-0.3, -0.25) is 9.59 Å². The highest BCUT2D eigenvalue weighted by molar-refractivity contribution is 6.23. The van der Waals surface area contributed by atoms with Gasteiger partial charge in [0.2, 0.25) is 11.8 Å². The lowest BCUT2D eigenvalue weighted by Gasteiger charge is -2.52. The van der Waals surface area contributed by atoms with Crippen LogP contribution in [0.1, 0.15) is 37.7 Å². The molecule has 1 heterocycles. The van der Waals surface area contributed by atoms with Gasteiger partial charge in [-0.15, -0.1) is 0 Å². The Bertz CT molecular complexity index is 953. The summed E-state index contributed by atoms with van der Waals surface area (Å²) in [6.07, 6.45) is 11.4. The van der Waals surface area contributed by atoms with E-state index in [-0.39, 0.29) is 35.5 Å². The van der Waals surface area contributed by atoms with E-state index in [0.29, 0.717) is 0 Å². The van der Waals surface area contributed by atoms with Gasteiger partial charge in [0, 0.05) is 11.8 Å². The van der Waals surface area contributed by atoms with Gasteiger partial charge >= 0.3 is 0 Å². The average Bonchev–Trinajstić information content (AvgIpc) is 3.31. The molecule has 7 aliphatic rings. The molecule has 8 rings (SSSR count). The van der Waals surface area contributed by atoms with E-state index in [4.69, 9.17) is 0 Å². The van der Waals surface area contributed by atoms with Crippen molar-refractivity contribution in [1.29, 1.82) is 0 Å². The molecule has 0 aromatic heterocycles. The van der Waals surface area contributed by atoms with Crippen LogP contribution < -0.4 is 4.90 Å². The highest BCUT2D eigenvalue weighted by Gasteiger charge is 2.63. The molecule has 0 unspecified atom stereocenters. The molecular formula is C26H27NO2. The number of fused-ring (bicyclic) bond motifs is 5. The van der Waals surface area contributed by atoms with Crippen molar-refractivity contribution in [3.05, 3.63) is 53.1 Å².